The van der Waals surface area contributed by atoms with E-state index in [0.717, 1.165) is 8.78 Å². The second-order valence-electron chi connectivity index (χ2n) is 4.98. The topological polar surface area (TPSA) is 99.6 Å². The van der Waals surface area contributed by atoms with Crippen LogP contribution in [-0.4, -0.2) is 35.8 Å². The van der Waals surface area contributed by atoms with Crippen molar-refractivity contribution in [1.29, 1.82) is 0 Å². The highest BCUT2D eigenvalue weighted by atomic mass is 79.9. The Labute approximate surface area is 146 Å². The number of carbonyl (C=O) groups is 1. The first-order valence-corrected chi connectivity index (χ1v) is 9.00. The third-order valence-corrected chi connectivity index (χ3v) is 5.79. The van der Waals surface area contributed by atoms with Crippen molar-refractivity contribution in [3.05, 3.63) is 58.3 Å². The molecule has 1 aliphatic heterocycles. The van der Waals surface area contributed by atoms with E-state index in [1.54, 1.807) is 24.3 Å². The first-order valence-electron chi connectivity index (χ1n) is 6.77. The molecule has 1 aromatic carbocycles. The number of aliphatic hydroxyl groups excluding tert-OH is 1. The van der Waals surface area contributed by atoms with Gasteiger partial charge in [0.25, 0.3) is 15.9 Å². The molecule has 0 radical (unpaired) electrons. The number of halogens is 1. The average Bonchev–Trinajstić information content (AvgIpc) is 2.56. The summed E-state index contributed by atoms with van der Waals surface area (Å²) >= 11 is 3.23. The van der Waals surface area contributed by atoms with Crippen LogP contribution in [0, 0.1) is 0 Å². The predicted octanol–water partition coefficient (Wildman–Crippen LogP) is 2.34. The quantitative estimate of drug-likeness (QED) is 0.792. The van der Waals surface area contributed by atoms with Crippen molar-refractivity contribution in [2.24, 2.45) is 0 Å². The average molecular weight is 410 g/mol. The largest absolute Gasteiger partial charge is 0.505 e. The molecule has 1 amide bonds. The SMILES string of the molecule is CN1C(C(=O)Nc2ccc(Br)cn2)=C(O)c2ccccc2S1(=O)=O. The van der Waals surface area contributed by atoms with Crippen molar-refractivity contribution in [2.75, 3.05) is 12.4 Å². The Morgan fingerprint density at radius 2 is 1.96 bits per heavy atom. The first-order chi connectivity index (χ1) is 11.3. The second-order valence-corrected chi connectivity index (χ2v) is 7.84. The van der Waals surface area contributed by atoms with Gasteiger partial charge in [0.15, 0.2) is 11.5 Å². The molecule has 1 aromatic heterocycles. The lowest BCUT2D eigenvalue weighted by Crippen LogP contribution is -2.37. The number of amides is 1. The van der Waals surface area contributed by atoms with Crippen molar-refractivity contribution in [3.8, 4) is 0 Å². The summed E-state index contributed by atoms with van der Waals surface area (Å²) < 4.78 is 26.6. The number of anilines is 1. The maximum Gasteiger partial charge on any atom is 0.277 e. The Morgan fingerprint density at radius 1 is 1.25 bits per heavy atom. The summed E-state index contributed by atoms with van der Waals surface area (Å²) in [6.45, 7) is 0. The fraction of sp³-hybridized carbons (Fsp3) is 0.0667. The first kappa shape index (κ1) is 16.5. The van der Waals surface area contributed by atoms with Gasteiger partial charge in [0, 0.05) is 23.3 Å². The molecule has 0 atom stereocenters. The molecule has 0 fully saturated rings. The zero-order valence-corrected chi connectivity index (χ0v) is 14.8. The summed E-state index contributed by atoms with van der Waals surface area (Å²) in [6.07, 6.45) is 1.49. The van der Waals surface area contributed by atoms with Crippen LogP contribution in [0.2, 0.25) is 0 Å². The third-order valence-electron chi connectivity index (χ3n) is 3.50. The van der Waals surface area contributed by atoms with Crippen molar-refractivity contribution in [2.45, 2.75) is 4.90 Å². The van der Waals surface area contributed by atoms with E-state index in [2.05, 4.69) is 26.2 Å². The molecule has 0 saturated carbocycles. The highest BCUT2D eigenvalue weighted by molar-refractivity contribution is 9.10. The van der Waals surface area contributed by atoms with Crippen molar-refractivity contribution >= 4 is 43.4 Å². The van der Waals surface area contributed by atoms with Gasteiger partial charge in [0.2, 0.25) is 0 Å². The zero-order chi connectivity index (χ0) is 17.5. The number of sulfonamides is 1. The minimum atomic E-state index is -3.92. The van der Waals surface area contributed by atoms with Gasteiger partial charge in [-0.2, -0.15) is 0 Å². The molecule has 9 heteroatoms. The van der Waals surface area contributed by atoms with E-state index in [1.807, 2.05) is 0 Å². The summed E-state index contributed by atoms with van der Waals surface area (Å²) in [6, 6.07) is 9.18. The summed E-state index contributed by atoms with van der Waals surface area (Å²) in [5.74, 6) is -0.950. The number of rotatable bonds is 2. The molecule has 0 spiro atoms. The summed E-state index contributed by atoms with van der Waals surface area (Å²) in [4.78, 5) is 16.4. The van der Waals surface area contributed by atoms with E-state index in [1.165, 1.54) is 25.4 Å². The van der Waals surface area contributed by atoms with Gasteiger partial charge in [-0.25, -0.2) is 13.4 Å². The van der Waals surface area contributed by atoms with Gasteiger partial charge in [-0.3, -0.25) is 9.10 Å². The highest BCUT2D eigenvalue weighted by Crippen LogP contribution is 2.34. The molecule has 1 aliphatic rings. The molecule has 0 bridgehead atoms. The molecule has 2 N–H and O–H groups in total. The number of aromatic nitrogens is 1. The molecule has 2 heterocycles. The number of aliphatic hydroxyl groups is 1. The maximum atomic E-state index is 12.5. The van der Waals surface area contributed by atoms with E-state index in [0.29, 0.717) is 0 Å². The Bertz CT molecular complexity index is 955. The van der Waals surface area contributed by atoms with Crippen LogP contribution >= 0.6 is 15.9 Å². The minimum Gasteiger partial charge on any atom is -0.505 e. The number of carbonyl (C=O) groups excluding carboxylic acids is 1. The lowest BCUT2D eigenvalue weighted by atomic mass is 10.1. The fourth-order valence-corrected chi connectivity index (χ4v) is 3.94. The van der Waals surface area contributed by atoms with Gasteiger partial charge in [0.1, 0.15) is 5.82 Å². The molecule has 2 aromatic rings. The lowest BCUT2D eigenvalue weighted by Gasteiger charge is -2.28. The number of likely N-dealkylation sites (N-methyl/N-ethyl adjacent to an activating group) is 1. The number of pyridine rings is 1. The molecular weight excluding hydrogens is 398 g/mol. The molecule has 0 saturated heterocycles. The number of hydrogen-bond donors (Lipinski definition) is 2. The van der Waals surface area contributed by atoms with E-state index in [-0.39, 0.29) is 22.0 Å². The van der Waals surface area contributed by atoms with Crippen LogP contribution in [0.5, 0.6) is 0 Å². The number of fused-ring (bicyclic) bond motifs is 1. The van der Waals surface area contributed by atoms with Gasteiger partial charge in [0.05, 0.1) is 4.90 Å². The summed E-state index contributed by atoms with van der Waals surface area (Å²) in [5, 5.41) is 12.9. The summed E-state index contributed by atoms with van der Waals surface area (Å²) in [7, 11) is -2.71. The maximum absolute atomic E-state index is 12.5. The fourth-order valence-electron chi connectivity index (χ4n) is 2.31. The minimum absolute atomic E-state index is 0.0525. The molecule has 3 rings (SSSR count). The van der Waals surface area contributed by atoms with Crippen LogP contribution in [0.1, 0.15) is 5.56 Å². The summed E-state index contributed by atoms with van der Waals surface area (Å²) in [5.41, 5.74) is -0.275. The van der Waals surface area contributed by atoms with Crippen LogP contribution < -0.4 is 5.32 Å². The number of benzene rings is 1. The van der Waals surface area contributed by atoms with Crippen LogP contribution in [0.3, 0.4) is 0 Å². The molecule has 0 unspecified atom stereocenters. The van der Waals surface area contributed by atoms with Crippen LogP contribution in [-0.2, 0) is 14.8 Å². The number of hydrogen-bond acceptors (Lipinski definition) is 5. The Kier molecular flexibility index (Phi) is 4.06. The van der Waals surface area contributed by atoms with E-state index in [4.69, 9.17) is 0 Å². The Morgan fingerprint density at radius 3 is 2.62 bits per heavy atom. The van der Waals surface area contributed by atoms with Gasteiger partial charge in [-0.15, -0.1) is 0 Å². The van der Waals surface area contributed by atoms with E-state index in [9.17, 15) is 18.3 Å². The van der Waals surface area contributed by atoms with Crippen molar-refractivity contribution in [3.63, 3.8) is 0 Å². The van der Waals surface area contributed by atoms with Gasteiger partial charge < -0.3 is 10.4 Å². The lowest BCUT2D eigenvalue weighted by molar-refractivity contribution is -0.113. The number of nitrogens with one attached hydrogen (secondary N) is 1. The van der Waals surface area contributed by atoms with Crippen molar-refractivity contribution in [1.82, 2.24) is 9.29 Å². The molecule has 0 aliphatic carbocycles. The van der Waals surface area contributed by atoms with E-state index >= 15 is 0 Å². The molecule has 124 valence electrons. The number of nitrogens with zero attached hydrogens (tertiary/aromatic N) is 2. The van der Waals surface area contributed by atoms with E-state index < -0.39 is 21.7 Å². The standard InChI is InChI=1S/C15H12BrN3O4S/c1-19-13(15(21)18-12-7-6-9(16)8-17-12)14(20)10-4-2-3-5-11(10)24(19,22)23/h2-8,20H,1H3,(H,17,18,21). The predicted molar refractivity (Wildman–Crippen MR) is 91.5 cm³/mol. The van der Waals surface area contributed by atoms with Crippen LogP contribution in [0.4, 0.5) is 5.82 Å². The van der Waals surface area contributed by atoms with Gasteiger partial charge in [-0.1, -0.05) is 12.1 Å². The van der Waals surface area contributed by atoms with Crippen LogP contribution in [0.15, 0.2) is 57.7 Å². The molecule has 24 heavy (non-hydrogen) atoms. The smallest absolute Gasteiger partial charge is 0.277 e. The second kappa shape index (κ2) is 5.91. The monoisotopic (exact) mass is 409 g/mol. The Balaban J connectivity index is 2.06. The van der Waals surface area contributed by atoms with Gasteiger partial charge >= 0.3 is 0 Å². The van der Waals surface area contributed by atoms with Crippen molar-refractivity contribution < 1.29 is 18.3 Å². The van der Waals surface area contributed by atoms with Crippen LogP contribution in [0.25, 0.3) is 5.76 Å². The zero-order valence-electron chi connectivity index (χ0n) is 12.4. The Hall–Kier alpha value is -2.39. The highest BCUT2D eigenvalue weighted by Gasteiger charge is 2.37. The third kappa shape index (κ3) is 2.65. The molecular formula is C15H12BrN3O4S. The molecule has 7 nitrogen and oxygen atoms in total. The normalized spacial score (nSPS) is 15.8. The van der Waals surface area contributed by atoms with Gasteiger partial charge in [-0.05, 0) is 40.2 Å².